The van der Waals surface area contributed by atoms with Crippen molar-refractivity contribution >= 4 is 0 Å². The van der Waals surface area contributed by atoms with E-state index in [9.17, 15) is 0 Å². The second-order valence-corrected chi connectivity index (χ2v) is 4.42. The van der Waals surface area contributed by atoms with Crippen LogP contribution in [-0.4, -0.2) is 62.2 Å². The number of hydrogen-bond donors (Lipinski definition) is 1. The van der Waals surface area contributed by atoms with Gasteiger partial charge < -0.3 is 10.2 Å². The Balaban J connectivity index is 2.56. The van der Waals surface area contributed by atoms with Gasteiger partial charge in [0.15, 0.2) is 0 Å². The molecule has 0 aliphatic carbocycles. The number of likely N-dealkylation sites (N-methyl/N-ethyl adjacent to an activating group) is 3. The van der Waals surface area contributed by atoms with Crippen LogP contribution in [0.1, 0.15) is 20.3 Å². The molecule has 1 aliphatic heterocycles. The Kier molecular flexibility index (Phi) is 4.85. The van der Waals surface area contributed by atoms with E-state index in [2.05, 4.69) is 36.0 Å². The quantitative estimate of drug-likeness (QED) is 0.719. The van der Waals surface area contributed by atoms with Gasteiger partial charge in [0.25, 0.3) is 0 Å². The maximum atomic E-state index is 3.29. The van der Waals surface area contributed by atoms with Gasteiger partial charge in [-0.25, -0.2) is 0 Å². The van der Waals surface area contributed by atoms with Crippen molar-refractivity contribution in [3.05, 3.63) is 0 Å². The molecule has 0 amide bonds. The second-order valence-electron chi connectivity index (χ2n) is 4.42. The molecule has 0 aromatic carbocycles. The van der Waals surface area contributed by atoms with Crippen molar-refractivity contribution in [2.24, 2.45) is 0 Å². The van der Waals surface area contributed by atoms with E-state index in [4.69, 9.17) is 0 Å². The van der Waals surface area contributed by atoms with Gasteiger partial charge in [-0.05, 0) is 40.5 Å². The lowest BCUT2D eigenvalue weighted by molar-refractivity contribution is 0.187. The summed E-state index contributed by atoms with van der Waals surface area (Å²) in [5.41, 5.74) is 0. The van der Waals surface area contributed by atoms with Crippen molar-refractivity contribution in [2.45, 2.75) is 32.4 Å². The van der Waals surface area contributed by atoms with Gasteiger partial charge in [-0.1, -0.05) is 6.92 Å². The van der Waals surface area contributed by atoms with Crippen molar-refractivity contribution in [1.82, 2.24) is 15.1 Å². The lowest BCUT2D eigenvalue weighted by Gasteiger charge is -2.29. The van der Waals surface area contributed by atoms with Gasteiger partial charge in [0.1, 0.15) is 0 Å². The summed E-state index contributed by atoms with van der Waals surface area (Å²) in [5.74, 6) is 0. The summed E-state index contributed by atoms with van der Waals surface area (Å²) >= 11 is 0. The van der Waals surface area contributed by atoms with E-state index in [0.29, 0.717) is 6.04 Å². The minimum atomic E-state index is 0.671. The predicted molar refractivity (Wildman–Crippen MR) is 61.7 cm³/mol. The van der Waals surface area contributed by atoms with Crippen LogP contribution in [0.25, 0.3) is 0 Å². The molecule has 0 radical (unpaired) electrons. The lowest BCUT2D eigenvalue weighted by atomic mass is 10.2. The zero-order valence-corrected chi connectivity index (χ0v) is 10.1. The first-order valence-corrected chi connectivity index (χ1v) is 5.78. The van der Waals surface area contributed by atoms with E-state index in [0.717, 1.165) is 12.6 Å². The molecule has 1 rings (SSSR count). The average molecular weight is 199 g/mol. The van der Waals surface area contributed by atoms with Gasteiger partial charge in [0.05, 0.1) is 0 Å². The molecule has 3 nitrogen and oxygen atoms in total. The van der Waals surface area contributed by atoms with Crippen LogP contribution in [0.2, 0.25) is 0 Å². The van der Waals surface area contributed by atoms with Crippen molar-refractivity contribution in [3.63, 3.8) is 0 Å². The Morgan fingerprint density at radius 1 is 1.43 bits per heavy atom. The van der Waals surface area contributed by atoms with E-state index in [1.165, 1.54) is 26.1 Å². The van der Waals surface area contributed by atoms with Crippen LogP contribution in [0.3, 0.4) is 0 Å². The maximum absolute atomic E-state index is 3.29. The second kappa shape index (κ2) is 5.69. The van der Waals surface area contributed by atoms with Crippen molar-refractivity contribution in [1.29, 1.82) is 0 Å². The van der Waals surface area contributed by atoms with E-state index in [-0.39, 0.29) is 0 Å². The zero-order chi connectivity index (χ0) is 10.6. The van der Waals surface area contributed by atoms with E-state index >= 15 is 0 Å². The summed E-state index contributed by atoms with van der Waals surface area (Å²) in [6, 6.07) is 1.41. The molecule has 1 saturated heterocycles. The van der Waals surface area contributed by atoms with Crippen LogP contribution in [-0.2, 0) is 0 Å². The molecular formula is C11H25N3. The molecule has 84 valence electrons. The van der Waals surface area contributed by atoms with Crippen LogP contribution in [0.5, 0.6) is 0 Å². The monoisotopic (exact) mass is 199 g/mol. The minimum absolute atomic E-state index is 0.671. The molecule has 0 bridgehead atoms. The van der Waals surface area contributed by atoms with Gasteiger partial charge in [0.2, 0.25) is 0 Å². The summed E-state index contributed by atoms with van der Waals surface area (Å²) in [4.78, 5) is 5.08. The first-order chi connectivity index (χ1) is 6.69. The third kappa shape index (κ3) is 2.94. The third-order valence-electron chi connectivity index (χ3n) is 3.44. The summed E-state index contributed by atoms with van der Waals surface area (Å²) in [5, 5.41) is 3.29. The molecule has 0 aromatic heterocycles. The van der Waals surface area contributed by atoms with Crippen molar-refractivity contribution in [2.75, 3.05) is 40.3 Å². The topological polar surface area (TPSA) is 18.5 Å². The average Bonchev–Trinajstić information content (AvgIpc) is 2.31. The summed E-state index contributed by atoms with van der Waals surface area (Å²) in [6.45, 7) is 9.31. The molecule has 14 heavy (non-hydrogen) atoms. The van der Waals surface area contributed by atoms with Crippen LogP contribution in [0, 0.1) is 0 Å². The number of nitrogens with zero attached hydrogens (tertiary/aromatic N) is 2. The first-order valence-electron chi connectivity index (χ1n) is 5.78. The number of hydrogen-bond acceptors (Lipinski definition) is 3. The first kappa shape index (κ1) is 12.0. The highest BCUT2D eigenvalue weighted by atomic mass is 15.3. The molecule has 1 heterocycles. The Bertz CT molecular complexity index is 161. The summed E-state index contributed by atoms with van der Waals surface area (Å²) < 4.78 is 0. The fourth-order valence-corrected chi connectivity index (χ4v) is 2.24. The van der Waals surface area contributed by atoms with Gasteiger partial charge in [-0.15, -0.1) is 0 Å². The van der Waals surface area contributed by atoms with E-state index < -0.39 is 0 Å². The van der Waals surface area contributed by atoms with E-state index in [1.807, 2.05) is 7.05 Å². The smallest absolute Gasteiger partial charge is 0.0344 e. The van der Waals surface area contributed by atoms with Gasteiger partial charge in [-0.2, -0.15) is 0 Å². The van der Waals surface area contributed by atoms with Crippen LogP contribution >= 0.6 is 0 Å². The van der Waals surface area contributed by atoms with Crippen LogP contribution < -0.4 is 5.32 Å². The molecule has 2 atom stereocenters. The lowest BCUT2D eigenvalue weighted by Crippen LogP contribution is -2.45. The Hall–Kier alpha value is -0.120. The molecule has 2 unspecified atom stereocenters. The fraction of sp³-hybridized carbons (Fsp3) is 1.00. The highest BCUT2D eigenvalue weighted by Crippen LogP contribution is 2.13. The molecule has 3 heteroatoms. The Morgan fingerprint density at radius 2 is 2.14 bits per heavy atom. The van der Waals surface area contributed by atoms with Gasteiger partial charge in [-0.3, -0.25) is 4.90 Å². The van der Waals surface area contributed by atoms with Crippen molar-refractivity contribution in [3.8, 4) is 0 Å². The molecule has 1 N–H and O–H groups in total. The standard InChI is InChI=1S/C11H25N3/c1-5-14-9-11(8-12-3)13(4)7-6-10(14)2/h10-12H,5-9H2,1-4H3. The molecule has 0 spiro atoms. The number of rotatable bonds is 3. The Morgan fingerprint density at radius 3 is 2.71 bits per heavy atom. The minimum Gasteiger partial charge on any atom is -0.318 e. The van der Waals surface area contributed by atoms with Crippen LogP contribution in [0.4, 0.5) is 0 Å². The van der Waals surface area contributed by atoms with Gasteiger partial charge in [0, 0.05) is 25.2 Å². The highest BCUT2D eigenvalue weighted by Gasteiger charge is 2.24. The molecule has 0 aromatic rings. The van der Waals surface area contributed by atoms with E-state index in [1.54, 1.807) is 0 Å². The van der Waals surface area contributed by atoms with Crippen LogP contribution in [0.15, 0.2) is 0 Å². The van der Waals surface area contributed by atoms with Crippen molar-refractivity contribution < 1.29 is 0 Å². The maximum Gasteiger partial charge on any atom is 0.0344 e. The molecule has 1 fully saturated rings. The normalized spacial score (nSPS) is 31.7. The summed E-state index contributed by atoms with van der Waals surface area (Å²) in [6.07, 6.45) is 1.30. The molecular weight excluding hydrogens is 174 g/mol. The molecule has 0 saturated carbocycles. The predicted octanol–water partition coefficient (Wildman–Crippen LogP) is 0.620. The fourth-order valence-electron chi connectivity index (χ4n) is 2.24. The summed E-state index contributed by atoms with van der Waals surface area (Å²) in [7, 11) is 4.28. The largest absolute Gasteiger partial charge is 0.318 e. The Labute approximate surface area is 88.5 Å². The SMILES string of the molecule is CCN1CC(CNC)N(C)CCC1C. The highest BCUT2D eigenvalue weighted by molar-refractivity contribution is 4.82. The molecule has 1 aliphatic rings. The van der Waals surface area contributed by atoms with Gasteiger partial charge >= 0.3 is 0 Å². The number of nitrogens with one attached hydrogen (secondary N) is 1. The third-order valence-corrected chi connectivity index (χ3v) is 3.44. The zero-order valence-electron chi connectivity index (χ0n) is 10.1.